The minimum atomic E-state index is -4.10. The van der Waals surface area contributed by atoms with E-state index in [1.54, 1.807) is 25.1 Å². The number of fused-ring (bicyclic) bond motifs is 1. The lowest BCUT2D eigenvalue weighted by molar-refractivity contribution is -0.385. The van der Waals surface area contributed by atoms with Gasteiger partial charge in [0.1, 0.15) is 0 Å². The number of Topliss-reactive ketones (excluding diaryl/α,β-unsaturated/α-hetero) is 1. The largest absolute Gasteiger partial charge is 0.294 e. The summed E-state index contributed by atoms with van der Waals surface area (Å²) in [5, 5.41) is 11.5. The van der Waals surface area contributed by atoms with Gasteiger partial charge in [-0.05, 0) is 24.6 Å². The predicted molar refractivity (Wildman–Crippen MR) is 97.0 cm³/mol. The molecule has 7 nitrogen and oxygen atoms in total. The standard InChI is InChI=1S/C18H16N2O5S/c1-3-18(21)16-11-19(17-9-12(2)7-8-15(16)17)26(24,25)14-6-4-5-13(10-14)20(22)23/h4-11H,3H2,1-2H3. The number of carbonyl (C=O) groups excluding carboxylic acids is 1. The maximum Gasteiger partial charge on any atom is 0.270 e. The lowest BCUT2D eigenvalue weighted by Crippen LogP contribution is -2.12. The van der Waals surface area contributed by atoms with E-state index in [4.69, 9.17) is 0 Å². The molecule has 0 unspecified atom stereocenters. The number of aryl methyl sites for hydroxylation is 1. The first-order chi connectivity index (χ1) is 12.3. The van der Waals surface area contributed by atoms with E-state index in [9.17, 15) is 23.3 Å². The minimum Gasteiger partial charge on any atom is -0.294 e. The number of nitro benzene ring substituents is 1. The second-order valence-corrected chi connectivity index (χ2v) is 7.71. The number of ketones is 1. The van der Waals surface area contributed by atoms with Gasteiger partial charge in [-0.25, -0.2) is 12.4 Å². The van der Waals surface area contributed by atoms with Crippen LogP contribution in [0, 0.1) is 17.0 Å². The number of hydrogen-bond acceptors (Lipinski definition) is 5. The molecule has 1 aromatic heterocycles. The van der Waals surface area contributed by atoms with Gasteiger partial charge in [-0.1, -0.05) is 25.1 Å². The Kier molecular flexibility index (Phi) is 4.37. The van der Waals surface area contributed by atoms with E-state index >= 15 is 0 Å². The number of rotatable bonds is 5. The maximum atomic E-state index is 13.1. The average molecular weight is 372 g/mol. The number of hydrogen-bond donors (Lipinski definition) is 0. The second kappa shape index (κ2) is 6.38. The smallest absolute Gasteiger partial charge is 0.270 e. The van der Waals surface area contributed by atoms with Gasteiger partial charge in [0.25, 0.3) is 15.7 Å². The normalized spacial score (nSPS) is 11.6. The summed E-state index contributed by atoms with van der Waals surface area (Å²) >= 11 is 0. The zero-order chi connectivity index (χ0) is 19.1. The van der Waals surface area contributed by atoms with Crippen LogP contribution in [0.3, 0.4) is 0 Å². The van der Waals surface area contributed by atoms with Gasteiger partial charge in [-0.3, -0.25) is 14.9 Å². The van der Waals surface area contributed by atoms with E-state index in [1.165, 1.54) is 24.4 Å². The Labute approximate surface area is 150 Å². The molecule has 0 atom stereocenters. The number of non-ortho nitro benzene ring substituents is 1. The summed E-state index contributed by atoms with van der Waals surface area (Å²) in [5.74, 6) is -0.174. The van der Waals surface area contributed by atoms with Crippen molar-refractivity contribution in [1.82, 2.24) is 3.97 Å². The molecule has 2 aromatic carbocycles. The summed E-state index contributed by atoms with van der Waals surface area (Å²) in [6, 6.07) is 10.1. The average Bonchev–Trinajstić information content (AvgIpc) is 3.00. The molecule has 0 bridgehead atoms. The zero-order valence-corrected chi connectivity index (χ0v) is 15.0. The highest BCUT2D eigenvalue weighted by molar-refractivity contribution is 7.90. The summed E-state index contributed by atoms with van der Waals surface area (Å²) in [4.78, 5) is 22.3. The topological polar surface area (TPSA) is 99.3 Å². The van der Waals surface area contributed by atoms with Crippen LogP contribution in [0.1, 0.15) is 29.3 Å². The van der Waals surface area contributed by atoms with Crippen LogP contribution in [0.2, 0.25) is 0 Å². The summed E-state index contributed by atoms with van der Waals surface area (Å²) in [7, 11) is -4.10. The van der Waals surface area contributed by atoms with Gasteiger partial charge in [-0.15, -0.1) is 0 Å². The molecule has 0 amide bonds. The maximum absolute atomic E-state index is 13.1. The van der Waals surface area contributed by atoms with Crippen molar-refractivity contribution in [2.24, 2.45) is 0 Å². The van der Waals surface area contributed by atoms with Gasteiger partial charge >= 0.3 is 0 Å². The van der Waals surface area contributed by atoms with Gasteiger partial charge in [0.05, 0.1) is 15.3 Å². The Morgan fingerprint density at radius 3 is 2.58 bits per heavy atom. The molecule has 0 aliphatic heterocycles. The fourth-order valence-corrected chi connectivity index (χ4v) is 4.19. The van der Waals surface area contributed by atoms with Crippen LogP contribution in [-0.2, 0) is 10.0 Å². The third kappa shape index (κ3) is 2.88. The monoisotopic (exact) mass is 372 g/mol. The quantitative estimate of drug-likeness (QED) is 0.386. The Hall–Kier alpha value is -3.00. The molecule has 0 spiro atoms. The lowest BCUT2D eigenvalue weighted by atomic mass is 10.1. The summed E-state index contributed by atoms with van der Waals surface area (Å²) in [6.07, 6.45) is 1.54. The first-order valence-corrected chi connectivity index (χ1v) is 9.34. The summed E-state index contributed by atoms with van der Waals surface area (Å²) in [5.41, 5.74) is 1.20. The molecular formula is C18H16N2O5S. The number of nitro groups is 1. The van der Waals surface area contributed by atoms with Crippen molar-refractivity contribution < 1.29 is 18.1 Å². The van der Waals surface area contributed by atoms with Crippen LogP contribution < -0.4 is 0 Å². The molecule has 0 N–H and O–H groups in total. The molecule has 3 rings (SSSR count). The highest BCUT2D eigenvalue weighted by Gasteiger charge is 2.24. The van der Waals surface area contributed by atoms with Gasteiger partial charge in [0.15, 0.2) is 5.78 Å². The van der Waals surface area contributed by atoms with Gasteiger partial charge < -0.3 is 0 Å². The predicted octanol–water partition coefficient (Wildman–Crippen LogP) is 3.69. The number of benzene rings is 2. The molecular weight excluding hydrogens is 356 g/mol. The van der Waals surface area contributed by atoms with Crippen LogP contribution in [0.25, 0.3) is 10.9 Å². The molecule has 0 saturated carbocycles. The molecule has 0 radical (unpaired) electrons. The molecule has 0 saturated heterocycles. The van der Waals surface area contributed by atoms with Gasteiger partial charge in [0, 0.05) is 35.7 Å². The molecule has 0 aliphatic carbocycles. The fraction of sp³-hybridized carbons (Fsp3) is 0.167. The molecule has 26 heavy (non-hydrogen) atoms. The number of carbonyl (C=O) groups is 1. The van der Waals surface area contributed by atoms with E-state index in [-0.39, 0.29) is 22.8 Å². The zero-order valence-electron chi connectivity index (χ0n) is 14.2. The van der Waals surface area contributed by atoms with Crippen LogP contribution in [0.15, 0.2) is 53.6 Å². The first kappa shape index (κ1) is 17.8. The van der Waals surface area contributed by atoms with Crippen molar-refractivity contribution in [1.29, 1.82) is 0 Å². The highest BCUT2D eigenvalue weighted by Crippen LogP contribution is 2.29. The van der Waals surface area contributed by atoms with Gasteiger partial charge in [-0.2, -0.15) is 0 Å². The number of nitrogens with zero attached hydrogens (tertiary/aromatic N) is 2. The van der Waals surface area contributed by atoms with E-state index in [2.05, 4.69) is 0 Å². The summed E-state index contributed by atoms with van der Waals surface area (Å²) in [6.45, 7) is 3.52. The summed E-state index contributed by atoms with van der Waals surface area (Å²) < 4.78 is 27.2. The van der Waals surface area contributed by atoms with Crippen LogP contribution in [-0.4, -0.2) is 23.1 Å². The Bertz CT molecular complexity index is 1150. The van der Waals surface area contributed by atoms with Crippen LogP contribution in [0.4, 0.5) is 5.69 Å². The van der Waals surface area contributed by atoms with E-state index in [0.29, 0.717) is 16.5 Å². The molecule has 134 valence electrons. The highest BCUT2D eigenvalue weighted by atomic mass is 32.2. The van der Waals surface area contributed by atoms with Crippen molar-refractivity contribution in [2.75, 3.05) is 0 Å². The van der Waals surface area contributed by atoms with Gasteiger partial charge in [0.2, 0.25) is 0 Å². The van der Waals surface area contributed by atoms with Crippen molar-refractivity contribution >= 4 is 32.4 Å². The molecule has 1 heterocycles. The minimum absolute atomic E-state index is 0.174. The third-order valence-electron chi connectivity index (χ3n) is 4.13. The van der Waals surface area contributed by atoms with E-state index in [1.807, 2.05) is 6.92 Å². The van der Waals surface area contributed by atoms with Crippen LogP contribution >= 0.6 is 0 Å². The SMILES string of the molecule is CCC(=O)c1cn(S(=O)(=O)c2cccc([N+](=O)[O-])c2)c2cc(C)ccc12. The van der Waals surface area contributed by atoms with E-state index < -0.39 is 14.9 Å². The van der Waals surface area contributed by atoms with Crippen molar-refractivity contribution in [3.05, 3.63) is 69.9 Å². The Morgan fingerprint density at radius 2 is 1.92 bits per heavy atom. The lowest BCUT2D eigenvalue weighted by Gasteiger charge is -2.08. The van der Waals surface area contributed by atoms with E-state index in [0.717, 1.165) is 15.6 Å². The van der Waals surface area contributed by atoms with Crippen LogP contribution in [0.5, 0.6) is 0 Å². The second-order valence-electron chi connectivity index (χ2n) is 5.90. The molecule has 0 aliphatic rings. The Morgan fingerprint density at radius 1 is 1.19 bits per heavy atom. The number of aromatic nitrogens is 1. The van der Waals surface area contributed by atoms with Crippen molar-refractivity contribution in [3.8, 4) is 0 Å². The van der Waals surface area contributed by atoms with Crippen molar-refractivity contribution in [3.63, 3.8) is 0 Å². The molecule has 8 heteroatoms. The fourth-order valence-electron chi connectivity index (χ4n) is 2.79. The molecule has 3 aromatic rings. The third-order valence-corrected chi connectivity index (χ3v) is 5.80. The molecule has 0 fully saturated rings. The van der Waals surface area contributed by atoms with Crippen molar-refractivity contribution in [2.45, 2.75) is 25.2 Å². The Balaban J connectivity index is 2.30. The first-order valence-electron chi connectivity index (χ1n) is 7.90.